The van der Waals surface area contributed by atoms with Crippen LogP contribution in [0.25, 0.3) is 0 Å². The van der Waals surface area contributed by atoms with Crippen molar-refractivity contribution < 1.29 is 0 Å². The first kappa shape index (κ1) is 13.5. The van der Waals surface area contributed by atoms with E-state index in [0.29, 0.717) is 6.04 Å². The Morgan fingerprint density at radius 3 is 2.50 bits per heavy atom. The van der Waals surface area contributed by atoms with Crippen molar-refractivity contribution in [2.24, 2.45) is 5.73 Å². The van der Waals surface area contributed by atoms with Crippen LogP contribution in [0.2, 0.25) is 0 Å². The van der Waals surface area contributed by atoms with Gasteiger partial charge in [0.2, 0.25) is 0 Å². The van der Waals surface area contributed by atoms with Crippen molar-refractivity contribution in [3.63, 3.8) is 0 Å². The summed E-state index contributed by atoms with van der Waals surface area (Å²) in [7, 11) is 0. The molecule has 0 spiro atoms. The fourth-order valence-electron chi connectivity index (χ4n) is 2.86. The predicted octanol–water partition coefficient (Wildman–Crippen LogP) is 2.63. The maximum absolute atomic E-state index is 6.37. The van der Waals surface area contributed by atoms with Gasteiger partial charge in [-0.15, -0.1) is 0 Å². The van der Waals surface area contributed by atoms with Crippen LogP contribution < -0.4 is 5.73 Å². The fourth-order valence-corrected chi connectivity index (χ4v) is 2.86. The van der Waals surface area contributed by atoms with Crippen molar-refractivity contribution in [3.05, 3.63) is 11.6 Å². The number of aryl methyl sites for hydroxylation is 2. The maximum atomic E-state index is 6.37. The van der Waals surface area contributed by atoms with Gasteiger partial charge in [-0.1, -0.05) is 39.5 Å². The molecule has 2 unspecified atom stereocenters. The van der Waals surface area contributed by atoms with Crippen molar-refractivity contribution in [3.8, 4) is 0 Å². The largest absolute Gasteiger partial charge is 0.326 e. The minimum Gasteiger partial charge on any atom is -0.326 e. The van der Waals surface area contributed by atoms with Crippen LogP contribution >= 0.6 is 0 Å². The monoisotopic (exact) mass is 250 g/mol. The van der Waals surface area contributed by atoms with Gasteiger partial charge in [-0.05, 0) is 12.8 Å². The number of hydrogen-bond donors (Lipinski definition) is 1. The molecule has 0 aliphatic heterocycles. The smallest absolute Gasteiger partial charge is 0.150 e. The molecule has 2 rings (SSSR count). The molecule has 0 bridgehead atoms. The van der Waals surface area contributed by atoms with E-state index in [4.69, 9.17) is 5.73 Å². The van der Waals surface area contributed by atoms with Gasteiger partial charge in [0.05, 0.1) is 6.04 Å². The molecule has 2 N–H and O–H groups in total. The molecule has 4 nitrogen and oxygen atoms in total. The summed E-state index contributed by atoms with van der Waals surface area (Å²) in [5, 5.41) is 4.67. The SMILES string of the molecule is CCc1nc(CC)n(C2CCCCCCC2N)n1. The van der Waals surface area contributed by atoms with Crippen molar-refractivity contribution in [2.75, 3.05) is 0 Å². The van der Waals surface area contributed by atoms with E-state index >= 15 is 0 Å². The maximum Gasteiger partial charge on any atom is 0.150 e. The summed E-state index contributed by atoms with van der Waals surface area (Å²) in [6.45, 7) is 4.26. The van der Waals surface area contributed by atoms with Gasteiger partial charge in [0, 0.05) is 18.9 Å². The third-order valence-electron chi connectivity index (χ3n) is 3.97. The van der Waals surface area contributed by atoms with E-state index in [1.165, 1.54) is 25.7 Å². The molecule has 0 radical (unpaired) electrons. The summed E-state index contributed by atoms with van der Waals surface area (Å²) >= 11 is 0. The van der Waals surface area contributed by atoms with E-state index in [9.17, 15) is 0 Å². The highest BCUT2D eigenvalue weighted by atomic mass is 15.4. The molecule has 1 heterocycles. The molecule has 1 aliphatic rings. The Hall–Kier alpha value is -0.900. The third-order valence-corrected chi connectivity index (χ3v) is 3.97. The first-order valence-electron chi connectivity index (χ1n) is 7.46. The Kier molecular flexibility index (Phi) is 4.75. The number of rotatable bonds is 3. The molecule has 2 atom stereocenters. The standard InChI is InChI=1S/C14H26N4/c1-3-13-16-14(4-2)18(17-13)12-10-8-6-5-7-9-11(12)15/h11-12H,3-10,15H2,1-2H3. The van der Waals surface area contributed by atoms with Crippen molar-refractivity contribution in [1.82, 2.24) is 14.8 Å². The second-order valence-electron chi connectivity index (χ2n) is 5.32. The number of hydrogen-bond acceptors (Lipinski definition) is 3. The minimum absolute atomic E-state index is 0.238. The topological polar surface area (TPSA) is 56.7 Å². The van der Waals surface area contributed by atoms with E-state index in [0.717, 1.165) is 37.3 Å². The van der Waals surface area contributed by atoms with Crippen LogP contribution in [0.1, 0.15) is 70.1 Å². The molecule has 4 heteroatoms. The van der Waals surface area contributed by atoms with E-state index in [-0.39, 0.29) is 6.04 Å². The molecular formula is C14H26N4. The molecule has 1 fully saturated rings. The van der Waals surface area contributed by atoms with Gasteiger partial charge in [-0.2, -0.15) is 5.10 Å². The summed E-state index contributed by atoms with van der Waals surface area (Å²) in [6, 6.07) is 0.593. The van der Waals surface area contributed by atoms with Crippen LogP contribution in [-0.2, 0) is 12.8 Å². The van der Waals surface area contributed by atoms with Crippen LogP contribution in [0.4, 0.5) is 0 Å². The molecule has 0 saturated heterocycles. The Morgan fingerprint density at radius 2 is 1.83 bits per heavy atom. The molecule has 1 saturated carbocycles. The van der Waals surface area contributed by atoms with Crippen molar-refractivity contribution in [1.29, 1.82) is 0 Å². The zero-order chi connectivity index (χ0) is 13.0. The average Bonchev–Trinajstić information content (AvgIpc) is 2.77. The molecule has 18 heavy (non-hydrogen) atoms. The van der Waals surface area contributed by atoms with Crippen molar-refractivity contribution >= 4 is 0 Å². The zero-order valence-corrected chi connectivity index (χ0v) is 11.7. The summed E-state index contributed by atoms with van der Waals surface area (Å²) in [5.74, 6) is 2.06. The van der Waals surface area contributed by atoms with Gasteiger partial charge in [-0.25, -0.2) is 9.67 Å². The first-order chi connectivity index (χ1) is 8.76. The van der Waals surface area contributed by atoms with E-state index in [1.54, 1.807) is 0 Å². The number of nitrogens with two attached hydrogens (primary N) is 1. The summed E-state index contributed by atoms with van der Waals surface area (Å²) in [6.07, 6.45) is 9.31. The van der Waals surface area contributed by atoms with Crippen LogP contribution in [-0.4, -0.2) is 20.8 Å². The highest BCUT2D eigenvalue weighted by Gasteiger charge is 2.24. The third kappa shape index (κ3) is 2.91. The highest BCUT2D eigenvalue weighted by molar-refractivity contribution is 4.97. The molecule has 1 aliphatic carbocycles. The van der Waals surface area contributed by atoms with Gasteiger partial charge in [0.15, 0.2) is 5.82 Å². The molecule has 102 valence electrons. The number of aromatic nitrogens is 3. The Bertz CT molecular complexity index is 372. The quantitative estimate of drug-likeness (QED) is 0.897. The van der Waals surface area contributed by atoms with Gasteiger partial charge in [-0.3, -0.25) is 0 Å². The predicted molar refractivity (Wildman–Crippen MR) is 73.5 cm³/mol. The lowest BCUT2D eigenvalue weighted by Crippen LogP contribution is -2.34. The molecule has 0 amide bonds. The summed E-state index contributed by atoms with van der Waals surface area (Å²) in [5.41, 5.74) is 6.37. The molecule has 1 aromatic heterocycles. The molecular weight excluding hydrogens is 224 g/mol. The highest BCUT2D eigenvalue weighted by Crippen LogP contribution is 2.26. The number of nitrogens with zero attached hydrogens (tertiary/aromatic N) is 3. The lowest BCUT2D eigenvalue weighted by molar-refractivity contribution is 0.299. The Morgan fingerprint density at radius 1 is 1.11 bits per heavy atom. The zero-order valence-electron chi connectivity index (χ0n) is 11.7. The Labute approximate surface area is 110 Å². The van der Waals surface area contributed by atoms with Crippen LogP contribution in [0, 0.1) is 0 Å². The Balaban J connectivity index is 2.23. The van der Waals surface area contributed by atoms with Crippen LogP contribution in [0.3, 0.4) is 0 Å². The molecule has 0 aromatic carbocycles. The second-order valence-corrected chi connectivity index (χ2v) is 5.32. The lowest BCUT2D eigenvalue weighted by Gasteiger charge is -2.27. The normalized spacial score (nSPS) is 25.7. The van der Waals surface area contributed by atoms with Gasteiger partial charge >= 0.3 is 0 Å². The van der Waals surface area contributed by atoms with Gasteiger partial charge in [0.25, 0.3) is 0 Å². The van der Waals surface area contributed by atoms with Crippen LogP contribution in [0.15, 0.2) is 0 Å². The fraction of sp³-hybridized carbons (Fsp3) is 0.857. The van der Waals surface area contributed by atoms with Gasteiger partial charge in [0.1, 0.15) is 5.82 Å². The van der Waals surface area contributed by atoms with Gasteiger partial charge < -0.3 is 5.73 Å². The minimum atomic E-state index is 0.238. The average molecular weight is 250 g/mol. The van der Waals surface area contributed by atoms with E-state index in [1.807, 2.05) is 0 Å². The second kappa shape index (κ2) is 6.32. The van der Waals surface area contributed by atoms with Crippen LogP contribution in [0.5, 0.6) is 0 Å². The van der Waals surface area contributed by atoms with Crippen molar-refractivity contribution in [2.45, 2.75) is 77.3 Å². The first-order valence-corrected chi connectivity index (χ1v) is 7.46. The van der Waals surface area contributed by atoms with E-state index in [2.05, 4.69) is 28.6 Å². The summed E-state index contributed by atoms with van der Waals surface area (Å²) < 4.78 is 2.13. The summed E-state index contributed by atoms with van der Waals surface area (Å²) in [4.78, 5) is 4.61. The lowest BCUT2D eigenvalue weighted by atomic mass is 9.93. The molecule has 1 aromatic rings. The van der Waals surface area contributed by atoms with E-state index < -0.39 is 0 Å².